The number of amides is 1. The molecule has 9 heteroatoms. The predicted molar refractivity (Wildman–Crippen MR) is 99.9 cm³/mol. The summed E-state index contributed by atoms with van der Waals surface area (Å²) in [5, 5.41) is 5.89. The number of benzene rings is 1. The molecule has 0 aliphatic carbocycles. The van der Waals surface area contributed by atoms with Crippen LogP contribution in [-0.4, -0.2) is 10.9 Å². The maximum absolute atomic E-state index is 12.2. The second kappa shape index (κ2) is 6.97. The zero-order chi connectivity index (χ0) is 16.6. The Bertz CT molecular complexity index is 891. The number of thiophene rings is 1. The molecule has 0 atom stereocenters. The van der Waals surface area contributed by atoms with Crippen molar-refractivity contribution in [3.8, 4) is 11.3 Å². The van der Waals surface area contributed by atoms with Gasteiger partial charge < -0.3 is 0 Å². The Labute approximate surface area is 159 Å². The fourth-order valence-electron chi connectivity index (χ4n) is 1.78. The number of aromatic nitrogens is 1. The van der Waals surface area contributed by atoms with Crippen molar-refractivity contribution < 1.29 is 4.79 Å². The summed E-state index contributed by atoms with van der Waals surface area (Å²) < 4.78 is 0.796. The Morgan fingerprint density at radius 2 is 1.87 bits per heavy atom. The van der Waals surface area contributed by atoms with Crippen LogP contribution < -0.4 is 5.32 Å². The van der Waals surface area contributed by atoms with Crippen molar-refractivity contribution in [2.75, 3.05) is 5.32 Å². The quantitative estimate of drug-likeness (QED) is 0.506. The molecule has 0 unspecified atom stereocenters. The Kier molecular flexibility index (Phi) is 5.16. The van der Waals surface area contributed by atoms with Gasteiger partial charge in [-0.3, -0.25) is 10.1 Å². The van der Waals surface area contributed by atoms with Gasteiger partial charge in [-0.25, -0.2) is 4.98 Å². The van der Waals surface area contributed by atoms with Gasteiger partial charge in [0, 0.05) is 10.9 Å². The number of carbonyl (C=O) groups is 1. The van der Waals surface area contributed by atoms with Crippen LogP contribution in [0.5, 0.6) is 0 Å². The number of hydrogen-bond donors (Lipinski definition) is 1. The lowest BCUT2D eigenvalue weighted by Crippen LogP contribution is -2.11. The monoisotopic (exact) mass is 422 g/mol. The zero-order valence-electron chi connectivity index (χ0n) is 11.1. The Morgan fingerprint density at radius 1 is 1.09 bits per heavy atom. The minimum Gasteiger partial charge on any atom is -0.298 e. The Hall–Kier alpha value is -0.820. The van der Waals surface area contributed by atoms with Gasteiger partial charge in [-0.15, -0.1) is 22.7 Å². The molecule has 0 aliphatic rings. The standard InChI is InChI=1S/C14H6Cl4N2OS2/c15-8-2-1-6(3-9(8)16)10-5-22-14(19-10)20-13(21)7-4-11(17)23-12(7)18/h1-5H,(H,19,20,21). The number of nitrogens with zero attached hydrogens (tertiary/aromatic N) is 1. The summed E-state index contributed by atoms with van der Waals surface area (Å²) in [6.07, 6.45) is 0. The normalized spacial score (nSPS) is 10.8. The molecule has 0 radical (unpaired) electrons. The first-order valence-corrected chi connectivity index (χ1v) is 9.32. The molecule has 1 amide bonds. The number of rotatable bonds is 3. The highest BCUT2D eigenvalue weighted by molar-refractivity contribution is 7.20. The van der Waals surface area contributed by atoms with Crippen LogP contribution in [-0.2, 0) is 0 Å². The van der Waals surface area contributed by atoms with E-state index in [1.807, 2.05) is 11.4 Å². The van der Waals surface area contributed by atoms with E-state index in [9.17, 15) is 4.79 Å². The maximum Gasteiger partial charge on any atom is 0.259 e. The summed E-state index contributed by atoms with van der Waals surface area (Å²) in [5.41, 5.74) is 1.83. The van der Waals surface area contributed by atoms with Gasteiger partial charge in [-0.2, -0.15) is 0 Å². The van der Waals surface area contributed by atoms with Crippen molar-refractivity contribution in [2.24, 2.45) is 0 Å². The van der Waals surface area contributed by atoms with Crippen LogP contribution in [0.3, 0.4) is 0 Å². The number of carbonyl (C=O) groups excluding carboxylic acids is 1. The van der Waals surface area contributed by atoms with Crippen LogP contribution in [0.25, 0.3) is 11.3 Å². The third-order valence-corrected chi connectivity index (χ3v) is 5.83. The van der Waals surface area contributed by atoms with Gasteiger partial charge >= 0.3 is 0 Å². The highest BCUT2D eigenvalue weighted by Crippen LogP contribution is 2.33. The first-order chi connectivity index (χ1) is 10.9. The molecule has 0 bridgehead atoms. The first-order valence-electron chi connectivity index (χ1n) is 6.11. The van der Waals surface area contributed by atoms with Gasteiger partial charge in [0.05, 0.1) is 25.6 Å². The highest BCUT2D eigenvalue weighted by Gasteiger charge is 2.16. The average molecular weight is 424 g/mol. The van der Waals surface area contributed by atoms with Gasteiger partial charge in [0.1, 0.15) is 4.34 Å². The molecule has 23 heavy (non-hydrogen) atoms. The zero-order valence-corrected chi connectivity index (χ0v) is 15.7. The van der Waals surface area contributed by atoms with E-state index >= 15 is 0 Å². The van der Waals surface area contributed by atoms with Crippen LogP contribution in [0.1, 0.15) is 10.4 Å². The smallest absolute Gasteiger partial charge is 0.259 e. The molecule has 3 nitrogen and oxygen atoms in total. The molecular weight excluding hydrogens is 418 g/mol. The first kappa shape index (κ1) is 17.0. The number of anilines is 1. The van der Waals surface area contributed by atoms with Crippen LogP contribution >= 0.6 is 69.1 Å². The molecule has 2 heterocycles. The van der Waals surface area contributed by atoms with Gasteiger partial charge in [0.2, 0.25) is 0 Å². The van der Waals surface area contributed by atoms with E-state index in [-0.39, 0.29) is 5.91 Å². The summed E-state index contributed by atoms with van der Waals surface area (Å²) >= 11 is 26.1. The van der Waals surface area contributed by atoms with E-state index < -0.39 is 0 Å². The van der Waals surface area contributed by atoms with E-state index in [0.717, 1.165) is 16.9 Å². The second-order valence-electron chi connectivity index (χ2n) is 4.36. The third kappa shape index (κ3) is 3.82. The fraction of sp³-hybridized carbons (Fsp3) is 0. The average Bonchev–Trinajstić information content (AvgIpc) is 3.08. The van der Waals surface area contributed by atoms with Gasteiger partial charge in [-0.05, 0) is 18.2 Å². The molecule has 0 aliphatic heterocycles. The SMILES string of the molecule is O=C(Nc1nc(-c2ccc(Cl)c(Cl)c2)cs1)c1cc(Cl)sc1Cl. The number of nitrogens with one attached hydrogen (secondary N) is 1. The molecule has 0 spiro atoms. The van der Waals surface area contributed by atoms with Crippen LogP contribution in [0.4, 0.5) is 5.13 Å². The van der Waals surface area contributed by atoms with Crippen LogP contribution in [0.2, 0.25) is 18.7 Å². The minimum atomic E-state index is -0.354. The summed E-state index contributed by atoms with van der Waals surface area (Å²) in [6, 6.07) is 6.76. The summed E-state index contributed by atoms with van der Waals surface area (Å²) in [5.74, 6) is -0.354. The van der Waals surface area contributed by atoms with Crippen molar-refractivity contribution in [1.29, 1.82) is 0 Å². The molecule has 3 aromatic rings. The molecule has 3 rings (SSSR count). The lowest BCUT2D eigenvalue weighted by atomic mass is 10.2. The molecule has 2 aromatic heterocycles. The Morgan fingerprint density at radius 3 is 2.52 bits per heavy atom. The summed E-state index contributed by atoms with van der Waals surface area (Å²) in [6.45, 7) is 0. The van der Waals surface area contributed by atoms with Gasteiger partial charge in [0.25, 0.3) is 5.91 Å². The second-order valence-corrected chi connectivity index (χ2v) is 8.32. The largest absolute Gasteiger partial charge is 0.298 e. The Balaban J connectivity index is 1.80. The van der Waals surface area contributed by atoms with Crippen LogP contribution in [0, 0.1) is 0 Å². The van der Waals surface area contributed by atoms with E-state index in [1.165, 1.54) is 17.4 Å². The minimum absolute atomic E-state index is 0.327. The van der Waals surface area contributed by atoms with Gasteiger partial charge in [0.15, 0.2) is 5.13 Å². The van der Waals surface area contributed by atoms with E-state index in [2.05, 4.69) is 10.3 Å². The number of thiazole rings is 1. The highest BCUT2D eigenvalue weighted by atomic mass is 35.5. The number of hydrogen-bond acceptors (Lipinski definition) is 4. The molecule has 1 aromatic carbocycles. The van der Waals surface area contributed by atoms with Crippen molar-refractivity contribution in [3.05, 3.63) is 53.9 Å². The molecule has 0 fully saturated rings. The predicted octanol–water partition coefficient (Wildman–Crippen LogP) is 6.74. The molecule has 0 saturated heterocycles. The van der Waals surface area contributed by atoms with Crippen molar-refractivity contribution in [3.63, 3.8) is 0 Å². The summed E-state index contributed by atoms with van der Waals surface area (Å²) in [4.78, 5) is 16.5. The maximum atomic E-state index is 12.2. The van der Waals surface area contributed by atoms with Crippen molar-refractivity contribution >= 4 is 80.1 Å². The van der Waals surface area contributed by atoms with Crippen molar-refractivity contribution in [2.45, 2.75) is 0 Å². The fourth-order valence-corrected chi connectivity index (χ4v) is 4.25. The molecular formula is C14H6Cl4N2OS2. The van der Waals surface area contributed by atoms with Crippen molar-refractivity contribution in [1.82, 2.24) is 4.98 Å². The topological polar surface area (TPSA) is 42.0 Å². The molecule has 118 valence electrons. The lowest BCUT2D eigenvalue weighted by molar-refractivity contribution is 0.102. The van der Waals surface area contributed by atoms with E-state index in [0.29, 0.717) is 35.1 Å². The summed E-state index contributed by atoms with van der Waals surface area (Å²) in [7, 11) is 0. The third-order valence-electron chi connectivity index (χ3n) is 2.84. The number of halogens is 4. The molecule has 0 saturated carbocycles. The van der Waals surface area contributed by atoms with Gasteiger partial charge in [-0.1, -0.05) is 52.5 Å². The molecule has 1 N–H and O–H groups in total. The van der Waals surface area contributed by atoms with E-state index in [1.54, 1.807) is 12.1 Å². The van der Waals surface area contributed by atoms with E-state index in [4.69, 9.17) is 46.4 Å². The van der Waals surface area contributed by atoms with Crippen LogP contribution in [0.15, 0.2) is 29.6 Å². The lowest BCUT2D eigenvalue weighted by Gasteiger charge is -2.01.